The van der Waals surface area contributed by atoms with Gasteiger partial charge in [0.15, 0.2) is 44.0 Å². The highest BCUT2D eigenvalue weighted by atomic mass is 16.8. The molecular formula is C88H158N2O37. The van der Waals surface area contributed by atoms with E-state index < -0.39 is 279 Å². The summed E-state index contributed by atoms with van der Waals surface area (Å²) in [6.07, 6.45) is -22.3. The number of hydrogen-bond donors (Lipinski definition) is 23. The number of unbranched alkanes of at least 4 members (excludes halogenated alkanes) is 30. The van der Waals surface area contributed by atoms with Crippen LogP contribution in [0.3, 0.4) is 0 Å². The molecule has 7 rings (SSSR count). The number of amides is 2. The summed E-state index contributed by atoms with van der Waals surface area (Å²) in [5.74, 6) is -1.29. The second-order valence-electron chi connectivity index (χ2n) is 35.2. The summed E-state index contributed by atoms with van der Waals surface area (Å²) in [6.45, 7) is -0.0508. The molecule has 0 spiro atoms. The maximum atomic E-state index is 13.6. The van der Waals surface area contributed by atoms with Crippen LogP contribution < -0.4 is 10.6 Å². The van der Waals surface area contributed by atoms with Gasteiger partial charge in [0.05, 0.1) is 64.5 Å². The van der Waals surface area contributed by atoms with Gasteiger partial charge in [0, 0.05) is 13.3 Å². The van der Waals surface area contributed by atoms with E-state index in [2.05, 4.69) is 36.6 Å². The Morgan fingerprint density at radius 1 is 0.323 bits per heavy atom. The minimum absolute atomic E-state index is 0.167. The Hall–Kier alpha value is -2.98. The van der Waals surface area contributed by atoms with Gasteiger partial charge in [0.1, 0.15) is 165 Å². The number of nitrogens with one attached hydrogen (secondary N) is 2. The number of aliphatic hydroxyl groups excluding tert-OH is 21. The first-order chi connectivity index (χ1) is 61.1. The first-order valence-corrected chi connectivity index (χ1v) is 47.0. The minimum Gasteiger partial charge on any atom is -0.394 e. The summed E-state index contributed by atoms with van der Waals surface area (Å²) >= 11 is 0. The molecule has 2 amide bonds. The van der Waals surface area contributed by atoms with Gasteiger partial charge in [-0.2, -0.15) is 0 Å². The van der Waals surface area contributed by atoms with E-state index in [0.717, 1.165) is 58.3 Å². The van der Waals surface area contributed by atoms with E-state index >= 15 is 0 Å². The lowest BCUT2D eigenvalue weighted by Crippen LogP contribution is -2.71. The summed E-state index contributed by atoms with van der Waals surface area (Å²) in [4.78, 5) is 26.9. The first-order valence-electron chi connectivity index (χ1n) is 47.0. The molecule has 7 aliphatic rings. The number of allylic oxidation sites excluding steroid dienone is 3. The molecule has 7 fully saturated rings. The molecule has 14 unspecified atom stereocenters. The molecule has 742 valence electrons. The van der Waals surface area contributed by atoms with Gasteiger partial charge in [-0.3, -0.25) is 9.59 Å². The van der Waals surface area contributed by atoms with Crippen LogP contribution in [0.15, 0.2) is 24.3 Å². The highest BCUT2D eigenvalue weighted by Crippen LogP contribution is 2.40. The van der Waals surface area contributed by atoms with Gasteiger partial charge in [-0.05, 0) is 51.9 Å². The summed E-state index contributed by atoms with van der Waals surface area (Å²) in [7, 11) is 0. The Morgan fingerprint density at radius 2 is 0.654 bits per heavy atom. The van der Waals surface area contributed by atoms with E-state index in [0.29, 0.717) is 12.8 Å². The van der Waals surface area contributed by atoms with Crippen LogP contribution in [0.2, 0.25) is 0 Å². The van der Waals surface area contributed by atoms with Crippen molar-refractivity contribution in [1.82, 2.24) is 10.6 Å². The zero-order chi connectivity index (χ0) is 92.7. The number of ether oxygens (including phenoxy) is 14. The quantitative estimate of drug-likeness (QED) is 0.0261. The first kappa shape index (κ1) is 111. The van der Waals surface area contributed by atoms with E-state index in [9.17, 15) is 117 Å². The number of hydrogen-bond acceptors (Lipinski definition) is 37. The second kappa shape index (κ2) is 59.8. The molecule has 0 aromatic heterocycles. The lowest BCUT2D eigenvalue weighted by atomic mass is 9.94. The second-order valence-corrected chi connectivity index (χ2v) is 35.2. The number of rotatable bonds is 60. The molecule has 0 bridgehead atoms. The molecule has 0 aromatic rings. The van der Waals surface area contributed by atoms with Crippen LogP contribution in [-0.2, 0) is 75.9 Å². The van der Waals surface area contributed by atoms with Crippen molar-refractivity contribution >= 4 is 11.8 Å². The average Bonchev–Trinajstić information content (AvgIpc) is 0.741. The van der Waals surface area contributed by atoms with Crippen molar-refractivity contribution in [2.24, 2.45) is 0 Å². The largest absolute Gasteiger partial charge is 0.394 e. The lowest BCUT2D eigenvalue weighted by Gasteiger charge is -2.51. The standard InChI is InChI=1S/C88H158N2O37/c1-5-7-9-11-13-15-17-19-20-21-22-23-24-25-26-27-28-30-32-34-36-38-40-42-60(99)90-52(53(98)41-39-37-35-33-31-29-18-16-14-12-10-8-6-2)49-114-83-73(111)69(107)76(58(47-95)120-83)122-86-74(112)70(108)77(59(48-96)121-86)123-87-75(113)79(65(103)56(45-93)118-87)125-82-61(89-51(4)97)78(64(102)55(44-92)116-82)124-88-81(127-84-71(109)67(105)62(100)50(3)115-84)80(66(104)57(46-94)119-88)126-85-72(110)68(106)63(101)54(43-91)117-85/h19-20,39,41,50,52-59,61-88,91-96,98,100-113H,5-18,21-38,40,42-49H2,1-4H3,(H,89,97)(H,90,99)/b20-19-,41-39+/t50?,52-,53+,54?,55?,56?,57?,58?,59?,61?,62+,63-,64-,65-,66-,67?,68-,69+,70+,71-,72?,73?,74?,75?,76+,77-,78+,79-,80-,81?,82-,83+,84+,85+,86-,87-,88-/m0/s1. The smallest absolute Gasteiger partial charge is 0.220 e. The van der Waals surface area contributed by atoms with Gasteiger partial charge in [0.25, 0.3) is 0 Å². The molecule has 23 N–H and O–H groups in total. The molecule has 7 heterocycles. The Labute approximate surface area is 746 Å². The van der Waals surface area contributed by atoms with Gasteiger partial charge < -0.3 is 184 Å². The minimum atomic E-state index is -2.33. The Kier molecular flexibility index (Phi) is 52.3. The normalized spacial score (nSPS) is 38.0. The zero-order valence-electron chi connectivity index (χ0n) is 74.6. The van der Waals surface area contributed by atoms with Crippen molar-refractivity contribution < 1.29 is 183 Å². The fraction of sp³-hybridized carbons (Fsp3) is 0.932. The highest BCUT2D eigenvalue weighted by molar-refractivity contribution is 5.76. The molecule has 37 atom stereocenters. The SMILES string of the molecule is CCCCCCCC/C=C\CCCCCCCCCCCCCCCC(=O)N[C@@H](CO[C@@H]1OC(CO)[C@@H](O[C@@H]2OC(CO)[C@H](O[C@@H]3OC(CO)[C@H](O)[C@H](O[C@@H]4OC(CO)[C@H](O)[C@H](O[C@@H]5OC(CO)[C@H](O)[C@H](O[C@H]6OC(CO)[C@H](O)[C@H](O)C6O)C5O[C@H]5OC(C)[C@@H](O)C(O)[C@@H]5O)C4NC(C)=O)C3O)[C@H](O)C2O)[C@H](O)C1O)[C@H](O)/C=C/CCCCCCCCCCCCC. The lowest BCUT2D eigenvalue weighted by molar-refractivity contribution is -0.404. The molecule has 0 saturated carbocycles. The third-order valence-electron chi connectivity index (χ3n) is 25.1. The Bertz CT molecular complexity index is 2980. The van der Waals surface area contributed by atoms with Crippen molar-refractivity contribution in [1.29, 1.82) is 0 Å². The molecule has 7 saturated heterocycles. The molecular weight excluding hydrogens is 1680 g/mol. The fourth-order valence-electron chi connectivity index (χ4n) is 17.2. The Morgan fingerprint density at radius 3 is 1.12 bits per heavy atom. The van der Waals surface area contributed by atoms with Crippen LogP contribution in [0.5, 0.6) is 0 Å². The molecule has 39 heteroatoms. The van der Waals surface area contributed by atoms with Crippen LogP contribution in [0.4, 0.5) is 0 Å². The van der Waals surface area contributed by atoms with Gasteiger partial charge in [-0.15, -0.1) is 0 Å². The van der Waals surface area contributed by atoms with E-state index in [1.165, 1.54) is 155 Å². The van der Waals surface area contributed by atoms with Crippen LogP contribution >= 0.6 is 0 Å². The van der Waals surface area contributed by atoms with E-state index in [-0.39, 0.29) is 12.3 Å². The van der Waals surface area contributed by atoms with Gasteiger partial charge >= 0.3 is 0 Å². The molecule has 127 heavy (non-hydrogen) atoms. The third kappa shape index (κ3) is 34.1. The van der Waals surface area contributed by atoms with Gasteiger partial charge in [-0.25, -0.2) is 0 Å². The molecule has 0 aliphatic carbocycles. The van der Waals surface area contributed by atoms with Crippen LogP contribution in [0.1, 0.15) is 246 Å². The van der Waals surface area contributed by atoms with Crippen molar-refractivity contribution in [3.05, 3.63) is 24.3 Å². The van der Waals surface area contributed by atoms with Crippen LogP contribution in [0.25, 0.3) is 0 Å². The van der Waals surface area contributed by atoms with Gasteiger partial charge in [0.2, 0.25) is 11.8 Å². The van der Waals surface area contributed by atoms with Crippen LogP contribution in [-0.4, -0.2) is 392 Å². The molecule has 39 nitrogen and oxygen atoms in total. The third-order valence-corrected chi connectivity index (χ3v) is 25.1. The predicted molar refractivity (Wildman–Crippen MR) is 450 cm³/mol. The summed E-state index contributed by atoms with van der Waals surface area (Å²) in [5.41, 5.74) is 0. The number of aliphatic hydroxyl groups is 21. The van der Waals surface area contributed by atoms with Crippen LogP contribution in [0, 0.1) is 0 Å². The fourth-order valence-corrected chi connectivity index (χ4v) is 17.2. The summed E-state index contributed by atoms with van der Waals surface area (Å²) in [6, 6.07) is -3.02. The number of carbonyl (C=O) groups excluding carboxylic acids is 2. The Balaban J connectivity index is 0.966. The molecule has 0 aromatic carbocycles. The van der Waals surface area contributed by atoms with Gasteiger partial charge in [-0.1, -0.05) is 205 Å². The highest BCUT2D eigenvalue weighted by Gasteiger charge is 2.60. The topological polar surface area (TPSA) is 612 Å². The summed E-state index contributed by atoms with van der Waals surface area (Å²) < 4.78 is 83.5. The molecule has 0 radical (unpaired) electrons. The van der Waals surface area contributed by atoms with Crippen molar-refractivity contribution in [2.75, 3.05) is 46.2 Å². The van der Waals surface area contributed by atoms with E-state index in [1.807, 2.05) is 6.08 Å². The average molecular weight is 1840 g/mol. The summed E-state index contributed by atoms with van der Waals surface area (Å²) in [5, 5.41) is 240. The molecule has 7 aliphatic heterocycles. The van der Waals surface area contributed by atoms with E-state index in [4.69, 9.17) is 66.3 Å². The van der Waals surface area contributed by atoms with E-state index in [1.54, 1.807) is 6.08 Å². The van der Waals surface area contributed by atoms with Crippen molar-refractivity contribution in [3.8, 4) is 0 Å². The maximum absolute atomic E-state index is 13.6. The van der Waals surface area contributed by atoms with Crippen molar-refractivity contribution in [3.63, 3.8) is 0 Å². The maximum Gasteiger partial charge on any atom is 0.220 e. The number of carbonyl (C=O) groups is 2. The monoisotopic (exact) mass is 1840 g/mol. The van der Waals surface area contributed by atoms with Crippen molar-refractivity contribution in [2.45, 2.75) is 473 Å². The zero-order valence-corrected chi connectivity index (χ0v) is 74.6. The predicted octanol–water partition coefficient (Wildman–Crippen LogP) is -0.819.